The lowest BCUT2D eigenvalue weighted by Gasteiger charge is -2.01. The lowest BCUT2D eigenvalue weighted by atomic mass is 10.1. The third kappa shape index (κ3) is 3.57. The molecule has 0 bridgehead atoms. The minimum Gasteiger partial charge on any atom is -0.305 e. The van der Waals surface area contributed by atoms with Gasteiger partial charge in [-0.25, -0.2) is 0 Å². The summed E-state index contributed by atoms with van der Waals surface area (Å²) < 4.78 is 0. The highest BCUT2D eigenvalue weighted by Gasteiger charge is 1.98. The first kappa shape index (κ1) is 9.90. The number of nitrogens with one attached hydrogen (secondary N) is 1. The molecule has 0 atom stereocenters. The van der Waals surface area contributed by atoms with Gasteiger partial charge < -0.3 is 5.41 Å². The lowest BCUT2D eigenvalue weighted by molar-refractivity contribution is 1.10. The average molecular weight is 150 g/mol. The largest absolute Gasteiger partial charge is 0.305 e. The lowest BCUT2D eigenvalue weighted by Crippen LogP contribution is -1.97. The highest BCUT2D eigenvalue weighted by Crippen LogP contribution is 2.05. The molecular weight excluding hydrogens is 136 g/mol. The smallest absolute Gasteiger partial charge is 0.0663 e. The second-order valence-electron chi connectivity index (χ2n) is 2.28. The van der Waals surface area contributed by atoms with Crippen LogP contribution in [0.2, 0.25) is 0 Å². The number of rotatable bonds is 4. The zero-order chi connectivity index (χ0) is 8.69. The van der Waals surface area contributed by atoms with Gasteiger partial charge in [-0.05, 0) is 18.4 Å². The van der Waals surface area contributed by atoms with Crippen LogP contribution >= 0.6 is 0 Å². The number of hydrogen-bond donors (Lipinski definition) is 1. The van der Waals surface area contributed by atoms with Crippen molar-refractivity contribution in [1.29, 1.82) is 10.7 Å². The minimum atomic E-state index is 0.422. The van der Waals surface area contributed by atoms with Crippen molar-refractivity contribution >= 4 is 5.71 Å². The molecule has 0 spiro atoms. The summed E-state index contributed by atoms with van der Waals surface area (Å²) >= 11 is 0. The van der Waals surface area contributed by atoms with Crippen LogP contribution in [-0.4, -0.2) is 5.71 Å². The van der Waals surface area contributed by atoms with Gasteiger partial charge in [0.2, 0.25) is 0 Å². The van der Waals surface area contributed by atoms with Gasteiger partial charge in [0.15, 0.2) is 0 Å². The molecule has 1 N–H and O–H groups in total. The molecule has 2 heteroatoms. The van der Waals surface area contributed by atoms with Crippen LogP contribution in [0, 0.1) is 16.7 Å². The van der Waals surface area contributed by atoms with E-state index in [9.17, 15) is 0 Å². The standard InChI is InChI=1S/C9H14N2/c1-3-8(6-5-7-10)9(11)4-2/h6,11H,3-5H2,1-2H3/b8-6-,11-9?. The van der Waals surface area contributed by atoms with Crippen LogP contribution < -0.4 is 0 Å². The van der Waals surface area contributed by atoms with Crippen molar-refractivity contribution < 1.29 is 0 Å². The topological polar surface area (TPSA) is 47.6 Å². The Morgan fingerprint density at radius 1 is 1.45 bits per heavy atom. The van der Waals surface area contributed by atoms with Crippen LogP contribution in [0.4, 0.5) is 0 Å². The van der Waals surface area contributed by atoms with E-state index in [-0.39, 0.29) is 0 Å². The molecule has 0 aromatic heterocycles. The van der Waals surface area contributed by atoms with E-state index in [0.29, 0.717) is 12.1 Å². The third-order valence-corrected chi connectivity index (χ3v) is 1.56. The number of hydrogen-bond acceptors (Lipinski definition) is 2. The van der Waals surface area contributed by atoms with Crippen LogP contribution in [-0.2, 0) is 0 Å². The van der Waals surface area contributed by atoms with Crippen LogP contribution in [0.15, 0.2) is 11.6 Å². The number of nitriles is 1. The van der Waals surface area contributed by atoms with Crippen molar-refractivity contribution in [3.05, 3.63) is 11.6 Å². The number of allylic oxidation sites excluding steroid dienone is 2. The van der Waals surface area contributed by atoms with Crippen LogP contribution in [0.25, 0.3) is 0 Å². The summed E-state index contributed by atoms with van der Waals surface area (Å²) in [5, 5.41) is 15.8. The molecule has 11 heavy (non-hydrogen) atoms. The fourth-order valence-corrected chi connectivity index (χ4v) is 0.877. The maximum atomic E-state index is 8.30. The Morgan fingerprint density at radius 2 is 2.09 bits per heavy atom. The maximum Gasteiger partial charge on any atom is 0.0663 e. The molecule has 0 aliphatic carbocycles. The molecule has 0 amide bonds. The van der Waals surface area contributed by atoms with Crippen molar-refractivity contribution in [2.45, 2.75) is 33.1 Å². The second kappa shape index (κ2) is 5.67. The zero-order valence-corrected chi connectivity index (χ0v) is 7.15. The molecule has 0 aromatic rings. The van der Waals surface area contributed by atoms with Gasteiger partial charge >= 0.3 is 0 Å². The first-order valence-electron chi connectivity index (χ1n) is 3.90. The first-order valence-corrected chi connectivity index (χ1v) is 3.90. The summed E-state index contributed by atoms with van der Waals surface area (Å²) in [7, 11) is 0. The molecule has 0 saturated heterocycles. The van der Waals surface area contributed by atoms with Crippen LogP contribution in [0.1, 0.15) is 33.1 Å². The van der Waals surface area contributed by atoms with Gasteiger partial charge in [0, 0.05) is 5.71 Å². The van der Waals surface area contributed by atoms with Gasteiger partial charge in [0.25, 0.3) is 0 Å². The molecule has 0 fully saturated rings. The van der Waals surface area contributed by atoms with E-state index >= 15 is 0 Å². The van der Waals surface area contributed by atoms with Crippen LogP contribution in [0.3, 0.4) is 0 Å². The van der Waals surface area contributed by atoms with Crippen molar-refractivity contribution in [3.8, 4) is 6.07 Å². The zero-order valence-electron chi connectivity index (χ0n) is 7.15. The van der Waals surface area contributed by atoms with E-state index in [1.54, 1.807) is 0 Å². The van der Waals surface area contributed by atoms with Crippen LogP contribution in [0.5, 0.6) is 0 Å². The van der Waals surface area contributed by atoms with Gasteiger partial charge in [-0.1, -0.05) is 19.9 Å². The molecular formula is C9H14N2. The molecule has 0 aliphatic heterocycles. The Morgan fingerprint density at radius 3 is 2.45 bits per heavy atom. The summed E-state index contributed by atoms with van der Waals surface area (Å²) in [5.74, 6) is 0. The van der Waals surface area contributed by atoms with Gasteiger partial charge in [-0.2, -0.15) is 5.26 Å². The molecule has 60 valence electrons. The molecule has 0 heterocycles. The summed E-state index contributed by atoms with van der Waals surface area (Å²) in [4.78, 5) is 0. The normalized spacial score (nSPS) is 10.8. The summed E-state index contributed by atoms with van der Waals surface area (Å²) in [6, 6.07) is 2.04. The van der Waals surface area contributed by atoms with Crippen molar-refractivity contribution in [1.82, 2.24) is 0 Å². The van der Waals surface area contributed by atoms with E-state index in [0.717, 1.165) is 18.4 Å². The van der Waals surface area contributed by atoms with E-state index in [2.05, 4.69) is 0 Å². The fourth-order valence-electron chi connectivity index (χ4n) is 0.877. The molecule has 0 saturated carbocycles. The summed E-state index contributed by atoms with van der Waals surface area (Å²) in [6.07, 6.45) is 3.87. The van der Waals surface area contributed by atoms with Gasteiger partial charge in [0.05, 0.1) is 12.5 Å². The van der Waals surface area contributed by atoms with Gasteiger partial charge in [-0.15, -0.1) is 0 Å². The molecule has 0 rings (SSSR count). The monoisotopic (exact) mass is 150 g/mol. The Labute approximate surface area is 68.0 Å². The Hall–Kier alpha value is -1.10. The highest BCUT2D eigenvalue weighted by molar-refractivity contribution is 5.97. The van der Waals surface area contributed by atoms with Crippen molar-refractivity contribution in [2.24, 2.45) is 0 Å². The van der Waals surface area contributed by atoms with Crippen molar-refractivity contribution in [3.63, 3.8) is 0 Å². The van der Waals surface area contributed by atoms with Crippen molar-refractivity contribution in [2.75, 3.05) is 0 Å². The van der Waals surface area contributed by atoms with E-state index in [4.69, 9.17) is 10.7 Å². The fraction of sp³-hybridized carbons (Fsp3) is 0.556. The quantitative estimate of drug-likeness (QED) is 0.615. The Bertz CT molecular complexity index is 196. The molecule has 0 aliphatic rings. The molecule has 0 radical (unpaired) electrons. The van der Waals surface area contributed by atoms with E-state index in [1.807, 2.05) is 26.0 Å². The third-order valence-electron chi connectivity index (χ3n) is 1.56. The Balaban J connectivity index is 4.17. The SMILES string of the molecule is CCC(=N)/C(=C\CC#N)CC. The van der Waals surface area contributed by atoms with Gasteiger partial charge in [-0.3, -0.25) is 0 Å². The van der Waals surface area contributed by atoms with E-state index in [1.165, 1.54) is 0 Å². The average Bonchev–Trinajstić information content (AvgIpc) is 2.05. The summed E-state index contributed by atoms with van der Waals surface area (Å²) in [6.45, 7) is 3.96. The predicted molar refractivity (Wildman–Crippen MR) is 46.6 cm³/mol. The Kier molecular flexibility index (Phi) is 5.10. The second-order valence-corrected chi connectivity index (χ2v) is 2.28. The summed E-state index contributed by atoms with van der Waals surface area (Å²) in [5.41, 5.74) is 1.66. The minimum absolute atomic E-state index is 0.422. The molecule has 2 nitrogen and oxygen atoms in total. The molecule has 0 aromatic carbocycles. The van der Waals surface area contributed by atoms with E-state index < -0.39 is 0 Å². The predicted octanol–water partition coefficient (Wildman–Crippen LogP) is 2.67. The van der Waals surface area contributed by atoms with Gasteiger partial charge in [0.1, 0.15) is 0 Å². The maximum absolute atomic E-state index is 8.30. The number of nitrogens with zero attached hydrogens (tertiary/aromatic N) is 1. The highest BCUT2D eigenvalue weighted by atomic mass is 14.4. The first-order chi connectivity index (χ1) is 5.26. The molecule has 0 unspecified atom stereocenters.